The van der Waals surface area contributed by atoms with E-state index in [1.165, 1.54) is 24.2 Å². The van der Waals surface area contributed by atoms with E-state index in [0.717, 1.165) is 42.4 Å². The zero-order valence-electron chi connectivity index (χ0n) is 14.4. The van der Waals surface area contributed by atoms with Crippen LogP contribution in [-0.2, 0) is 9.59 Å². The van der Waals surface area contributed by atoms with E-state index >= 15 is 0 Å². The van der Waals surface area contributed by atoms with Crippen molar-refractivity contribution in [3.05, 3.63) is 11.1 Å². The van der Waals surface area contributed by atoms with Gasteiger partial charge in [0.2, 0.25) is 0 Å². The molecule has 5 unspecified atom stereocenters. The standard InChI is InChI=1S/C19H29NO2/c1-11-12(2)17-10-16(11)9-15(17)7-5-6-8-20-18(21)13(3)14(4)19(20)22/h11-12,15-17H,5-10H2,1-4H3. The molecule has 3 heteroatoms. The lowest BCUT2D eigenvalue weighted by Crippen LogP contribution is -2.32. The zero-order valence-corrected chi connectivity index (χ0v) is 14.4. The van der Waals surface area contributed by atoms with Gasteiger partial charge in [0.15, 0.2) is 0 Å². The second kappa shape index (κ2) is 5.82. The van der Waals surface area contributed by atoms with Crippen LogP contribution in [0.15, 0.2) is 11.1 Å². The molecule has 0 N–H and O–H groups in total. The molecule has 2 bridgehead atoms. The van der Waals surface area contributed by atoms with E-state index in [0.29, 0.717) is 17.7 Å². The molecular weight excluding hydrogens is 274 g/mol. The molecule has 22 heavy (non-hydrogen) atoms. The third-order valence-corrected chi connectivity index (χ3v) is 6.94. The topological polar surface area (TPSA) is 37.4 Å². The number of carbonyl (C=O) groups excluding carboxylic acids is 2. The van der Waals surface area contributed by atoms with Gasteiger partial charge in [-0.05, 0) is 62.7 Å². The van der Waals surface area contributed by atoms with Gasteiger partial charge >= 0.3 is 0 Å². The first kappa shape index (κ1) is 15.8. The summed E-state index contributed by atoms with van der Waals surface area (Å²) in [6.45, 7) is 8.97. The van der Waals surface area contributed by atoms with Crippen LogP contribution in [0.5, 0.6) is 0 Å². The van der Waals surface area contributed by atoms with Crippen molar-refractivity contribution in [2.75, 3.05) is 6.54 Å². The highest BCUT2D eigenvalue weighted by Crippen LogP contribution is 2.56. The number of hydrogen-bond acceptors (Lipinski definition) is 2. The van der Waals surface area contributed by atoms with Crippen LogP contribution >= 0.6 is 0 Å². The minimum absolute atomic E-state index is 0.0788. The van der Waals surface area contributed by atoms with Gasteiger partial charge in [0.25, 0.3) is 11.8 Å². The summed E-state index contributed by atoms with van der Waals surface area (Å²) in [6.07, 6.45) is 6.23. The van der Waals surface area contributed by atoms with E-state index in [4.69, 9.17) is 0 Å². The van der Waals surface area contributed by atoms with Crippen molar-refractivity contribution < 1.29 is 9.59 Å². The van der Waals surface area contributed by atoms with Crippen LogP contribution in [0, 0.1) is 29.6 Å². The summed E-state index contributed by atoms with van der Waals surface area (Å²) in [6, 6.07) is 0. The van der Waals surface area contributed by atoms with Gasteiger partial charge in [0.1, 0.15) is 0 Å². The van der Waals surface area contributed by atoms with Crippen LogP contribution in [0.2, 0.25) is 0 Å². The van der Waals surface area contributed by atoms with Gasteiger partial charge in [-0.15, -0.1) is 0 Å². The lowest BCUT2D eigenvalue weighted by Gasteiger charge is -2.31. The summed E-state index contributed by atoms with van der Waals surface area (Å²) in [4.78, 5) is 25.5. The Bertz CT molecular complexity index is 496. The van der Waals surface area contributed by atoms with Crippen LogP contribution in [0.1, 0.15) is 59.8 Å². The lowest BCUT2D eigenvalue weighted by molar-refractivity contribution is -0.137. The fourth-order valence-corrected chi connectivity index (χ4v) is 5.12. The molecule has 122 valence electrons. The van der Waals surface area contributed by atoms with E-state index < -0.39 is 0 Å². The molecule has 2 amide bonds. The number of hydrogen-bond donors (Lipinski definition) is 0. The lowest BCUT2D eigenvalue weighted by atomic mass is 9.74. The Balaban J connectivity index is 1.43. The van der Waals surface area contributed by atoms with Gasteiger partial charge in [-0.1, -0.05) is 26.7 Å². The summed E-state index contributed by atoms with van der Waals surface area (Å²) in [5, 5.41) is 0. The highest BCUT2D eigenvalue weighted by Gasteiger charge is 2.47. The Morgan fingerprint density at radius 1 is 0.955 bits per heavy atom. The molecule has 1 aliphatic heterocycles. The minimum Gasteiger partial charge on any atom is -0.275 e. The molecule has 2 fully saturated rings. The number of amides is 2. The summed E-state index contributed by atoms with van der Waals surface area (Å²) in [5.41, 5.74) is 1.25. The maximum absolute atomic E-state index is 12.0. The molecule has 1 heterocycles. The van der Waals surface area contributed by atoms with Gasteiger partial charge < -0.3 is 0 Å². The van der Waals surface area contributed by atoms with Crippen molar-refractivity contribution in [1.29, 1.82) is 0 Å². The van der Waals surface area contributed by atoms with E-state index in [9.17, 15) is 9.59 Å². The number of imide groups is 1. The van der Waals surface area contributed by atoms with Gasteiger partial charge in [-0.2, -0.15) is 0 Å². The number of fused-ring (bicyclic) bond motifs is 2. The first-order chi connectivity index (χ1) is 10.4. The van der Waals surface area contributed by atoms with E-state index in [-0.39, 0.29) is 11.8 Å². The normalized spacial score (nSPS) is 37.8. The Hall–Kier alpha value is -1.12. The molecule has 0 saturated heterocycles. The van der Waals surface area contributed by atoms with Gasteiger partial charge in [0, 0.05) is 17.7 Å². The Labute approximate surface area is 134 Å². The summed E-state index contributed by atoms with van der Waals surface area (Å²) < 4.78 is 0. The fourth-order valence-electron chi connectivity index (χ4n) is 5.12. The Morgan fingerprint density at radius 3 is 2.14 bits per heavy atom. The summed E-state index contributed by atoms with van der Waals surface area (Å²) in [7, 11) is 0. The highest BCUT2D eigenvalue weighted by molar-refractivity contribution is 6.18. The highest BCUT2D eigenvalue weighted by atomic mass is 16.2. The third-order valence-electron chi connectivity index (χ3n) is 6.94. The Kier molecular flexibility index (Phi) is 4.17. The maximum atomic E-state index is 12.0. The van der Waals surface area contributed by atoms with Crippen LogP contribution in [0.25, 0.3) is 0 Å². The average Bonchev–Trinajstić information content (AvgIpc) is 3.09. The summed E-state index contributed by atoms with van der Waals surface area (Å²) >= 11 is 0. The first-order valence-electron chi connectivity index (χ1n) is 8.95. The molecule has 3 nitrogen and oxygen atoms in total. The predicted octanol–water partition coefficient (Wildman–Crippen LogP) is 3.79. The van der Waals surface area contributed by atoms with Gasteiger partial charge in [-0.3, -0.25) is 14.5 Å². The smallest absolute Gasteiger partial charge is 0.256 e. The van der Waals surface area contributed by atoms with Crippen molar-refractivity contribution in [2.45, 2.75) is 59.8 Å². The SMILES string of the molecule is CC1=C(C)C(=O)N(CCCCC2CC3CC2C(C)C3C)C1=O. The van der Waals surface area contributed by atoms with Gasteiger partial charge in [-0.25, -0.2) is 0 Å². The molecule has 0 aromatic carbocycles. The maximum Gasteiger partial charge on any atom is 0.256 e. The number of nitrogens with zero attached hydrogens (tertiary/aromatic N) is 1. The average molecular weight is 303 g/mol. The van der Waals surface area contributed by atoms with E-state index in [1.807, 2.05) is 0 Å². The molecule has 0 aromatic rings. The molecule has 2 saturated carbocycles. The molecule has 5 atom stereocenters. The van der Waals surface area contributed by atoms with Crippen LogP contribution in [0.3, 0.4) is 0 Å². The van der Waals surface area contributed by atoms with E-state index in [1.54, 1.807) is 13.8 Å². The molecule has 0 spiro atoms. The van der Waals surface area contributed by atoms with Gasteiger partial charge in [0.05, 0.1) is 0 Å². The van der Waals surface area contributed by atoms with Crippen LogP contribution in [-0.4, -0.2) is 23.3 Å². The largest absolute Gasteiger partial charge is 0.275 e. The second-order valence-electron chi connectivity index (χ2n) is 7.88. The quantitative estimate of drug-likeness (QED) is 0.572. The van der Waals surface area contributed by atoms with Crippen molar-refractivity contribution in [1.82, 2.24) is 4.90 Å². The van der Waals surface area contributed by atoms with Crippen LogP contribution < -0.4 is 0 Å². The van der Waals surface area contributed by atoms with Crippen LogP contribution in [0.4, 0.5) is 0 Å². The van der Waals surface area contributed by atoms with Crippen molar-refractivity contribution in [3.63, 3.8) is 0 Å². The molecular formula is C19H29NO2. The number of rotatable bonds is 5. The van der Waals surface area contributed by atoms with E-state index in [2.05, 4.69) is 13.8 Å². The monoisotopic (exact) mass is 303 g/mol. The second-order valence-corrected chi connectivity index (χ2v) is 7.88. The number of carbonyl (C=O) groups is 2. The molecule has 0 radical (unpaired) electrons. The fraction of sp³-hybridized carbons (Fsp3) is 0.789. The number of unbranched alkanes of at least 4 members (excludes halogenated alkanes) is 1. The minimum atomic E-state index is -0.0788. The zero-order chi connectivity index (χ0) is 16.0. The first-order valence-corrected chi connectivity index (χ1v) is 8.95. The van der Waals surface area contributed by atoms with Crippen molar-refractivity contribution >= 4 is 11.8 Å². The molecule has 2 aliphatic carbocycles. The molecule has 3 rings (SSSR count). The summed E-state index contributed by atoms with van der Waals surface area (Å²) in [5.74, 6) is 4.43. The predicted molar refractivity (Wildman–Crippen MR) is 87.0 cm³/mol. The molecule has 0 aromatic heterocycles. The Morgan fingerprint density at radius 2 is 1.59 bits per heavy atom. The van der Waals surface area contributed by atoms with Crippen molar-refractivity contribution in [3.8, 4) is 0 Å². The molecule has 3 aliphatic rings. The van der Waals surface area contributed by atoms with Crippen molar-refractivity contribution in [2.24, 2.45) is 29.6 Å². The third kappa shape index (κ3) is 2.43.